The summed E-state index contributed by atoms with van der Waals surface area (Å²) in [4.78, 5) is 220. The van der Waals surface area contributed by atoms with Gasteiger partial charge in [-0.05, 0) is 120 Å². The SMILES string of the molecule is CSCC[C@H](NC(=O)[C@H](CC(N)=O)NC(=O)[C@H](CCCN=C(N)N)NC(=O)[C@H](CCC(N)=O)NC(=O)[C@H](Cc1c[nH]c2ccccc12)NC(=O)[C@H](CCC(N)=O)NC(=O)[C@H](C)NC(=O)[C@@H](N)CS)C(=O)N[C@@H](CCCN=C(N)N)C(=O)N[C@@H](CCCCN)C(=O)N[C@H](C(=O)N[C@@H](CCCN=C(N)N)C(=O)O)C(C)C. The highest BCUT2D eigenvalue weighted by molar-refractivity contribution is 7.98. The molecule has 0 saturated carbocycles. The van der Waals surface area contributed by atoms with Crippen LogP contribution in [0.1, 0.15) is 123 Å². The fraction of sp³-hybridized carbons (Fsp3) is 0.600. The molecule has 109 heavy (non-hydrogen) atoms. The van der Waals surface area contributed by atoms with Crippen LogP contribution >= 0.6 is 24.4 Å². The zero-order chi connectivity index (χ0) is 82.0. The van der Waals surface area contributed by atoms with Crippen LogP contribution in [0.4, 0.5) is 0 Å². The number of benzene rings is 1. The quantitative estimate of drug-likeness (QED) is 0.0127. The molecular formula is C65H110N26O16S2. The minimum atomic E-state index is -1.92. The van der Waals surface area contributed by atoms with E-state index in [4.69, 9.17) is 63.1 Å². The molecule has 0 aliphatic heterocycles. The lowest BCUT2D eigenvalue weighted by atomic mass is 10.0. The van der Waals surface area contributed by atoms with Crippen molar-refractivity contribution < 1.29 is 77.0 Å². The fourth-order valence-electron chi connectivity index (χ4n) is 10.5. The Kier molecular flexibility index (Phi) is 43.2. The predicted molar refractivity (Wildman–Crippen MR) is 410 cm³/mol. The van der Waals surface area contributed by atoms with Gasteiger partial charge in [0.25, 0.3) is 0 Å². The van der Waals surface area contributed by atoms with Crippen LogP contribution in [0.3, 0.4) is 0 Å². The zero-order valence-corrected chi connectivity index (χ0v) is 63.3. The number of aromatic nitrogens is 1. The molecule has 0 aliphatic rings. The number of amides is 14. The average Bonchev–Trinajstić information content (AvgIpc) is 1.74. The number of aromatic amines is 1. The first-order valence-electron chi connectivity index (χ1n) is 35.1. The largest absolute Gasteiger partial charge is 0.480 e. The van der Waals surface area contributed by atoms with Crippen molar-refractivity contribution >= 4 is 142 Å². The van der Waals surface area contributed by atoms with Gasteiger partial charge < -0.3 is 132 Å². The van der Waals surface area contributed by atoms with Gasteiger partial charge >= 0.3 is 5.97 Å². The second-order valence-electron chi connectivity index (χ2n) is 25.8. The van der Waals surface area contributed by atoms with Crippen molar-refractivity contribution in [2.75, 3.05) is 43.9 Å². The standard InChI is InChI=1S/C65H110N26O16S2/c1-32(2)50(61(105)88-44(62(106)107)17-11-26-79-65(75)76)91-58(102)38(14-7-8-23-66)83-53(97)39(15-9-24-77-63(71)72)85-57(101)43(22-27-109-4)87-60(104)46(29-49(70)94)90-54(98)40(16-10-25-78-64(73)74)84-55(99)42(19-21-48(69)93)86-59(103)45(28-34-30-80-37-13-6-5-12-35(34)37)89-56(100)41(18-20-47(68)92)82-51(95)33(3)81-52(96)36(67)31-108/h5-6,12-13,30,32-33,36,38-46,50,80,108H,7-11,14-29,31,66-67H2,1-4H3,(H2,68,92)(H2,69,93)(H2,70,94)(H,81,96)(H,82,95)(H,83,97)(H,84,99)(H,85,101)(H,86,103)(H,87,104)(H,88,105)(H,89,100)(H,90,98)(H,91,102)(H,106,107)(H4,71,72,77)(H4,73,74,78)(H4,75,76,79)/t33-,36-,38-,39-,40-,41-,42-,43-,44-,45-,46-,50-/m0/s1. The van der Waals surface area contributed by atoms with E-state index in [0.29, 0.717) is 22.9 Å². The summed E-state index contributed by atoms with van der Waals surface area (Å²) >= 11 is 5.23. The number of H-pyrrole nitrogens is 1. The Morgan fingerprint density at radius 1 is 0.459 bits per heavy atom. The predicted octanol–water partition coefficient (Wildman–Crippen LogP) is -8.49. The second kappa shape index (κ2) is 50.0. The third-order valence-electron chi connectivity index (χ3n) is 16.5. The molecule has 0 aliphatic carbocycles. The number of unbranched alkanes of at least 4 members (excludes halogenated alkanes) is 1. The highest BCUT2D eigenvalue weighted by Gasteiger charge is 2.38. The number of hydrogen-bond donors (Lipinski definition) is 25. The first-order chi connectivity index (χ1) is 51.4. The summed E-state index contributed by atoms with van der Waals surface area (Å²) in [5.74, 6) is -16.7. The Balaban J connectivity index is 2.67. The van der Waals surface area contributed by atoms with Gasteiger partial charge in [-0.1, -0.05) is 32.0 Å². The van der Waals surface area contributed by atoms with Crippen molar-refractivity contribution in [3.8, 4) is 0 Å². The molecule has 44 heteroatoms. The van der Waals surface area contributed by atoms with Crippen LogP contribution in [0.5, 0.6) is 0 Å². The molecule has 1 aromatic carbocycles. The maximum atomic E-state index is 14.8. The summed E-state index contributed by atoms with van der Waals surface area (Å²) in [7, 11) is 0. The Labute approximate surface area is 639 Å². The van der Waals surface area contributed by atoms with E-state index in [0.717, 1.165) is 0 Å². The number of para-hydroxylation sites is 1. The van der Waals surface area contributed by atoms with Gasteiger partial charge in [-0.2, -0.15) is 24.4 Å². The summed E-state index contributed by atoms with van der Waals surface area (Å²) in [5, 5.41) is 38.1. The summed E-state index contributed by atoms with van der Waals surface area (Å²) in [5.41, 5.74) is 62.3. The van der Waals surface area contributed by atoms with E-state index in [9.17, 15) is 77.0 Å². The van der Waals surface area contributed by atoms with Crippen molar-refractivity contribution in [3.63, 3.8) is 0 Å². The number of carboxylic acid groups (broad SMARTS) is 1. The topological polar surface area (TPSA) is 748 Å². The molecule has 608 valence electrons. The molecule has 35 N–H and O–H groups in total. The number of nitrogens with zero attached hydrogens (tertiary/aromatic N) is 3. The molecule has 1 heterocycles. The van der Waals surface area contributed by atoms with Crippen LogP contribution in [0.15, 0.2) is 45.4 Å². The summed E-state index contributed by atoms with van der Waals surface area (Å²) in [6.07, 6.45) is -0.0610. The summed E-state index contributed by atoms with van der Waals surface area (Å²) in [6.45, 7) is 4.51. The third-order valence-corrected chi connectivity index (χ3v) is 17.5. The van der Waals surface area contributed by atoms with Gasteiger partial charge in [0.15, 0.2) is 17.9 Å². The van der Waals surface area contributed by atoms with E-state index >= 15 is 0 Å². The van der Waals surface area contributed by atoms with Crippen molar-refractivity contribution in [2.45, 2.75) is 196 Å². The van der Waals surface area contributed by atoms with E-state index in [-0.39, 0.29) is 120 Å². The molecule has 42 nitrogen and oxygen atoms in total. The number of thiol groups is 1. The molecule has 14 amide bonds. The number of fused-ring (bicyclic) bond motifs is 1. The number of rotatable bonds is 54. The zero-order valence-electron chi connectivity index (χ0n) is 61.6. The molecule has 0 bridgehead atoms. The smallest absolute Gasteiger partial charge is 0.326 e. The Hall–Kier alpha value is -10.8. The van der Waals surface area contributed by atoms with Crippen LogP contribution in [0.2, 0.25) is 0 Å². The number of carbonyl (C=O) groups is 15. The van der Waals surface area contributed by atoms with E-state index in [1.165, 1.54) is 18.7 Å². The van der Waals surface area contributed by atoms with Gasteiger partial charge in [-0.15, -0.1) is 0 Å². The van der Waals surface area contributed by atoms with E-state index in [2.05, 4.69) is 91.1 Å². The lowest BCUT2D eigenvalue weighted by Crippen LogP contribution is -2.61. The molecule has 0 spiro atoms. The minimum absolute atomic E-state index is 0.0374. The van der Waals surface area contributed by atoms with Crippen molar-refractivity contribution in [2.24, 2.45) is 84.0 Å². The lowest BCUT2D eigenvalue weighted by Gasteiger charge is -2.29. The Morgan fingerprint density at radius 2 is 0.844 bits per heavy atom. The molecule has 2 rings (SSSR count). The maximum absolute atomic E-state index is 14.8. The Bertz CT molecular complexity index is 3510. The number of guanidine groups is 3. The van der Waals surface area contributed by atoms with Crippen molar-refractivity contribution in [1.82, 2.24) is 63.5 Å². The van der Waals surface area contributed by atoms with Crippen LogP contribution in [-0.2, 0) is 78.3 Å². The van der Waals surface area contributed by atoms with E-state index < -0.39 is 199 Å². The third kappa shape index (κ3) is 36.6. The van der Waals surface area contributed by atoms with Crippen molar-refractivity contribution in [1.29, 1.82) is 0 Å². The molecule has 1 aromatic heterocycles. The van der Waals surface area contributed by atoms with Gasteiger partial charge in [0.1, 0.15) is 66.5 Å². The summed E-state index contributed by atoms with van der Waals surface area (Å²) < 4.78 is 0. The second-order valence-corrected chi connectivity index (χ2v) is 27.1. The average molecular weight is 1580 g/mol. The van der Waals surface area contributed by atoms with Gasteiger partial charge in [-0.3, -0.25) is 82.1 Å². The highest BCUT2D eigenvalue weighted by Crippen LogP contribution is 2.20. The molecule has 0 saturated heterocycles. The van der Waals surface area contributed by atoms with Gasteiger partial charge in [-0.25, -0.2) is 4.79 Å². The fourth-order valence-corrected chi connectivity index (χ4v) is 11.2. The summed E-state index contributed by atoms with van der Waals surface area (Å²) in [6, 6.07) is -11.4. The van der Waals surface area contributed by atoms with E-state index in [1.807, 2.05) is 0 Å². The number of carboxylic acids is 1. The highest BCUT2D eigenvalue weighted by atomic mass is 32.2. The molecule has 0 radical (unpaired) electrons. The molecule has 0 fully saturated rings. The number of nitrogens with one attached hydrogen (secondary N) is 12. The number of primary amides is 3. The van der Waals surface area contributed by atoms with Crippen LogP contribution in [0.25, 0.3) is 10.9 Å². The number of aliphatic imine (C=N–C) groups is 3. The van der Waals surface area contributed by atoms with Crippen LogP contribution in [0, 0.1) is 5.92 Å². The van der Waals surface area contributed by atoms with Crippen molar-refractivity contribution in [3.05, 3.63) is 36.0 Å². The van der Waals surface area contributed by atoms with Gasteiger partial charge in [0.2, 0.25) is 82.7 Å². The normalized spacial score (nSPS) is 14.3. The number of nitrogens with two attached hydrogens (primary N) is 11. The number of hydrogen-bond acceptors (Lipinski definition) is 22. The minimum Gasteiger partial charge on any atom is -0.480 e. The maximum Gasteiger partial charge on any atom is 0.326 e. The molecular weight excluding hydrogens is 1470 g/mol. The molecule has 12 atom stereocenters. The van der Waals surface area contributed by atoms with Crippen LogP contribution < -0.4 is 122 Å². The van der Waals surface area contributed by atoms with E-state index in [1.54, 1.807) is 50.6 Å². The first kappa shape index (κ1) is 94.3. The Morgan fingerprint density at radius 3 is 1.27 bits per heavy atom. The number of carbonyl (C=O) groups excluding carboxylic acids is 14. The number of aliphatic carboxylic acids is 1. The number of thioether (sulfide) groups is 1. The molecule has 2 aromatic rings. The molecule has 0 unspecified atom stereocenters. The van der Waals surface area contributed by atoms with Crippen LogP contribution in [-0.4, -0.2) is 233 Å². The first-order valence-corrected chi connectivity index (χ1v) is 37.1. The lowest BCUT2D eigenvalue weighted by molar-refractivity contribution is -0.143. The van der Waals surface area contributed by atoms with Gasteiger partial charge in [0.05, 0.1) is 12.5 Å². The van der Waals surface area contributed by atoms with Gasteiger partial charge in [0, 0.05) is 61.7 Å². The monoisotopic (exact) mass is 1570 g/mol.